The molecule has 2 fully saturated rings. The van der Waals surface area contributed by atoms with Crippen LogP contribution in [0.15, 0.2) is 41.9 Å². The Bertz CT molecular complexity index is 1110. The topological polar surface area (TPSA) is 91.2 Å². The minimum absolute atomic E-state index is 0.257. The van der Waals surface area contributed by atoms with Gasteiger partial charge in [0.15, 0.2) is 5.60 Å². The molecule has 8 heteroatoms. The summed E-state index contributed by atoms with van der Waals surface area (Å²) in [4.78, 5) is 27.8. The SMILES string of the molecule is CN1CC[C@@](O)(c2cccc(-c3nc(-c4ccnc(NC5CCCC5)n4)cs3)c2)C1=O. The van der Waals surface area contributed by atoms with Gasteiger partial charge in [-0.1, -0.05) is 31.0 Å². The predicted octanol–water partition coefficient (Wildman–Crippen LogP) is 3.67. The Morgan fingerprint density at radius 1 is 1.19 bits per heavy atom. The van der Waals surface area contributed by atoms with Crippen LogP contribution in [0.3, 0.4) is 0 Å². The number of nitrogens with zero attached hydrogens (tertiary/aromatic N) is 4. The number of benzene rings is 1. The van der Waals surface area contributed by atoms with Gasteiger partial charge in [0, 0.05) is 43.2 Å². The van der Waals surface area contributed by atoms with Crippen molar-refractivity contribution in [2.75, 3.05) is 18.9 Å². The Morgan fingerprint density at radius 3 is 2.81 bits per heavy atom. The number of nitrogens with one attached hydrogen (secondary N) is 1. The summed E-state index contributed by atoms with van der Waals surface area (Å²) in [5, 5.41) is 17.2. The molecule has 31 heavy (non-hydrogen) atoms. The van der Waals surface area contributed by atoms with Gasteiger partial charge in [0.25, 0.3) is 5.91 Å². The van der Waals surface area contributed by atoms with E-state index in [1.165, 1.54) is 24.2 Å². The highest BCUT2D eigenvalue weighted by molar-refractivity contribution is 7.13. The van der Waals surface area contributed by atoms with Gasteiger partial charge in [0.05, 0.1) is 5.69 Å². The number of likely N-dealkylation sites (tertiary alicyclic amines) is 1. The number of aliphatic hydroxyl groups is 1. The third kappa shape index (κ3) is 3.81. The Labute approximate surface area is 185 Å². The number of thiazole rings is 1. The fourth-order valence-electron chi connectivity index (χ4n) is 4.38. The van der Waals surface area contributed by atoms with Crippen LogP contribution in [0.2, 0.25) is 0 Å². The van der Waals surface area contributed by atoms with Crippen LogP contribution in [-0.2, 0) is 10.4 Å². The summed E-state index contributed by atoms with van der Waals surface area (Å²) >= 11 is 1.52. The maximum Gasteiger partial charge on any atom is 0.258 e. The summed E-state index contributed by atoms with van der Waals surface area (Å²) in [6.07, 6.45) is 6.99. The Morgan fingerprint density at radius 2 is 2.03 bits per heavy atom. The van der Waals surface area contributed by atoms with Crippen LogP contribution in [0, 0.1) is 0 Å². The van der Waals surface area contributed by atoms with Gasteiger partial charge < -0.3 is 15.3 Å². The normalized spacial score (nSPS) is 21.7. The minimum atomic E-state index is -1.46. The second-order valence-electron chi connectivity index (χ2n) is 8.35. The van der Waals surface area contributed by atoms with Crippen molar-refractivity contribution in [1.29, 1.82) is 0 Å². The first-order valence-electron chi connectivity index (χ1n) is 10.7. The van der Waals surface area contributed by atoms with Crippen LogP contribution in [0.4, 0.5) is 5.95 Å². The average molecular weight is 436 g/mol. The van der Waals surface area contributed by atoms with Crippen molar-refractivity contribution in [3.63, 3.8) is 0 Å². The van der Waals surface area contributed by atoms with Crippen LogP contribution < -0.4 is 5.32 Å². The van der Waals surface area contributed by atoms with Crippen molar-refractivity contribution in [2.24, 2.45) is 0 Å². The van der Waals surface area contributed by atoms with Crippen molar-refractivity contribution in [2.45, 2.75) is 43.7 Å². The molecule has 1 amide bonds. The third-order valence-corrected chi connectivity index (χ3v) is 7.10. The number of rotatable bonds is 5. The van der Waals surface area contributed by atoms with Gasteiger partial charge in [-0.15, -0.1) is 11.3 Å². The van der Waals surface area contributed by atoms with E-state index < -0.39 is 5.60 Å². The van der Waals surface area contributed by atoms with Crippen LogP contribution in [-0.4, -0.2) is 50.5 Å². The van der Waals surface area contributed by atoms with E-state index >= 15 is 0 Å². The quantitative estimate of drug-likeness (QED) is 0.635. The molecule has 1 aliphatic carbocycles. The molecular formula is C23H25N5O2S. The fourth-order valence-corrected chi connectivity index (χ4v) is 5.19. The average Bonchev–Trinajstić information content (AvgIpc) is 3.54. The van der Waals surface area contributed by atoms with Gasteiger partial charge in [0.1, 0.15) is 10.7 Å². The van der Waals surface area contributed by atoms with Crippen LogP contribution in [0.1, 0.15) is 37.7 Å². The molecule has 1 aromatic carbocycles. The van der Waals surface area contributed by atoms with Crippen LogP contribution >= 0.6 is 11.3 Å². The molecule has 3 heterocycles. The number of anilines is 1. The molecule has 2 N–H and O–H groups in total. The first-order valence-corrected chi connectivity index (χ1v) is 11.6. The molecule has 0 unspecified atom stereocenters. The third-order valence-electron chi connectivity index (χ3n) is 6.21. The maximum atomic E-state index is 12.5. The van der Waals surface area contributed by atoms with Crippen molar-refractivity contribution in [1.82, 2.24) is 19.9 Å². The van der Waals surface area contributed by atoms with E-state index in [-0.39, 0.29) is 5.91 Å². The van der Waals surface area contributed by atoms with E-state index in [0.29, 0.717) is 30.5 Å². The van der Waals surface area contributed by atoms with Gasteiger partial charge >= 0.3 is 0 Å². The maximum absolute atomic E-state index is 12.5. The zero-order chi connectivity index (χ0) is 21.4. The predicted molar refractivity (Wildman–Crippen MR) is 121 cm³/mol. The highest BCUT2D eigenvalue weighted by Gasteiger charge is 2.45. The summed E-state index contributed by atoms with van der Waals surface area (Å²) in [5.74, 6) is 0.389. The number of hydrogen-bond acceptors (Lipinski definition) is 7. The van der Waals surface area contributed by atoms with Gasteiger partial charge in [0.2, 0.25) is 5.95 Å². The number of likely N-dealkylation sites (N-methyl/N-ethyl adjacent to an activating group) is 1. The lowest BCUT2D eigenvalue weighted by Gasteiger charge is -2.21. The van der Waals surface area contributed by atoms with Gasteiger partial charge in [-0.05, 0) is 30.5 Å². The summed E-state index contributed by atoms with van der Waals surface area (Å²) in [7, 11) is 1.72. The second kappa shape index (κ2) is 8.01. The molecule has 160 valence electrons. The number of hydrogen-bond donors (Lipinski definition) is 2. The van der Waals surface area contributed by atoms with Crippen molar-refractivity contribution < 1.29 is 9.90 Å². The molecule has 1 atom stereocenters. The van der Waals surface area contributed by atoms with Crippen molar-refractivity contribution >= 4 is 23.2 Å². The lowest BCUT2D eigenvalue weighted by atomic mass is 9.91. The highest BCUT2D eigenvalue weighted by atomic mass is 32.1. The summed E-state index contributed by atoms with van der Waals surface area (Å²) in [5.41, 5.74) is 1.60. The molecule has 5 rings (SSSR count). The van der Waals surface area contributed by atoms with Gasteiger partial charge in [-0.25, -0.2) is 15.0 Å². The lowest BCUT2D eigenvalue weighted by molar-refractivity contribution is -0.143. The molecule has 2 aromatic heterocycles. The van der Waals surface area contributed by atoms with E-state index in [1.807, 2.05) is 29.6 Å². The van der Waals surface area contributed by atoms with E-state index in [1.54, 1.807) is 24.2 Å². The first kappa shape index (κ1) is 20.1. The largest absolute Gasteiger partial charge is 0.375 e. The smallest absolute Gasteiger partial charge is 0.258 e. The van der Waals surface area contributed by atoms with Crippen LogP contribution in [0.5, 0.6) is 0 Å². The van der Waals surface area contributed by atoms with Crippen LogP contribution in [0.25, 0.3) is 22.0 Å². The van der Waals surface area contributed by atoms with Crippen molar-refractivity contribution in [3.05, 3.63) is 47.5 Å². The standard InChI is InChI=1S/C23H25N5O2S/c1-28-12-10-23(30,21(28)29)16-6-4-5-15(13-16)20-26-19(14-31-20)18-9-11-24-22(27-18)25-17-7-2-3-8-17/h4-6,9,11,13-14,17,30H,2-3,7-8,10,12H2,1H3,(H,24,25,27)/t23-/m1/s1. The molecular weight excluding hydrogens is 410 g/mol. The molecule has 0 bridgehead atoms. The van der Waals surface area contributed by atoms with E-state index in [4.69, 9.17) is 4.98 Å². The molecule has 3 aromatic rings. The van der Waals surface area contributed by atoms with Gasteiger partial charge in [-0.2, -0.15) is 0 Å². The number of aromatic nitrogens is 3. The summed E-state index contributed by atoms with van der Waals surface area (Å²) in [6, 6.07) is 9.81. The number of carbonyl (C=O) groups is 1. The van der Waals surface area contributed by atoms with Crippen molar-refractivity contribution in [3.8, 4) is 22.0 Å². The summed E-state index contributed by atoms with van der Waals surface area (Å²) in [6.45, 7) is 0.548. The second-order valence-corrected chi connectivity index (χ2v) is 9.20. The molecule has 1 saturated heterocycles. The fraction of sp³-hybridized carbons (Fsp3) is 0.391. The molecule has 2 aliphatic rings. The molecule has 1 saturated carbocycles. The highest BCUT2D eigenvalue weighted by Crippen LogP contribution is 2.36. The Balaban J connectivity index is 1.40. The Kier molecular flexibility index (Phi) is 5.19. The van der Waals surface area contributed by atoms with E-state index in [2.05, 4.69) is 15.3 Å². The molecule has 0 spiro atoms. The number of amides is 1. The number of carbonyl (C=O) groups excluding carboxylic acids is 1. The zero-order valence-electron chi connectivity index (χ0n) is 17.4. The zero-order valence-corrected chi connectivity index (χ0v) is 18.2. The first-order chi connectivity index (χ1) is 15.0. The minimum Gasteiger partial charge on any atom is -0.375 e. The molecule has 1 aliphatic heterocycles. The van der Waals surface area contributed by atoms with Gasteiger partial charge in [-0.3, -0.25) is 4.79 Å². The van der Waals surface area contributed by atoms with E-state index in [9.17, 15) is 9.90 Å². The molecule has 0 radical (unpaired) electrons. The monoisotopic (exact) mass is 435 g/mol. The lowest BCUT2D eigenvalue weighted by Crippen LogP contribution is -2.36. The Hall–Kier alpha value is -2.84. The molecule has 7 nitrogen and oxygen atoms in total. The summed E-state index contributed by atoms with van der Waals surface area (Å²) < 4.78 is 0. The van der Waals surface area contributed by atoms with E-state index in [0.717, 1.165) is 34.8 Å².